The van der Waals surface area contributed by atoms with Gasteiger partial charge in [0.15, 0.2) is 0 Å². The van der Waals surface area contributed by atoms with Crippen LogP contribution in [0, 0.1) is 6.92 Å². The van der Waals surface area contributed by atoms with Crippen LogP contribution in [-0.4, -0.2) is 21.7 Å². The van der Waals surface area contributed by atoms with Crippen LogP contribution in [-0.2, 0) is 11.8 Å². The smallest absolute Gasteiger partial charge is 0.242 e. The van der Waals surface area contributed by atoms with Gasteiger partial charge in [-0.15, -0.1) is 0 Å². The van der Waals surface area contributed by atoms with E-state index < -0.39 is 6.04 Å². The Kier molecular flexibility index (Phi) is 5.33. The van der Waals surface area contributed by atoms with E-state index in [0.717, 1.165) is 29.7 Å². The molecule has 1 aromatic carbocycles. The third-order valence-corrected chi connectivity index (χ3v) is 3.78. The molecule has 1 heterocycles. The van der Waals surface area contributed by atoms with Gasteiger partial charge in [-0.3, -0.25) is 9.48 Å². The molecule has 3 N–H and O–H groups in total. The first kappa shape index (κ1) is 16.2. The zero-order valence-electron chi connectivity index (χ0n) is 13.5. The topological polar surface area (TPSA) is 72.9 Å². The molecule has 1 aromatic heterocycles. The normalized spacial score (nSPS) is 12.2. The van der Waals surface area contributed by atoms with Crippen molar-refractivity contribution in [1.29, 1.82) is 0 Å². The monoisotopic (exact) mass is 300 g/mol. The molecule has 22 heavy (non-hydrogen) atoms. The van der Waals surface area contributed by atoms with E-state index in [1.807, 2.05) is 44.3 Å². The molecule has 2 rings (SSSR count). The number of unbranched alkanes of at least 4 members (excludes halogenated alkanes) is 1. The molecule has 0 spiro atoms. The highest BCUT2D eigenvalue weighted by Gasteiger charge is 2.19. The summed E-state index contributed by atoms with van der Waals surface area (Å²) in [5, 5.41) is 7.43. The summed E-state index contributed by atoms with van der Waals surface area (Å²) >= 11 is 0. The maximum atomic E-state index is 12.2. The summed E-state index contributed by atoms with van der Waals surface area (Å²) in [5.74, 6) is 0.551. The lowest BCUT2D eigenvalue weighted by Crippen LogP contribution is -2.36. The second-order valence-electron chi connectivity index (χ2n) is 5.55. The zero-order chi connectivity index (χ0) is 16.1. The van der Waals surface area contributed by atoms with Crippen LogP contribution in [0.25, 0.3) is 11.3 Å². The maximum Gasteiger partial charge on any atom is 0.242 e. The predicted molar refractivity (Wildman–Crippen MR) is 89.5 cm³/mol. The highest BCUT2D eigenvalue weighted by Crippen LogP contribution is 2.27. The van der Waals surface area contributed by atoms with Crippen LogP contribution in [0.2, 0.25) is 0 Å². The first-order valence-corrected chi connectivity index (χ1v) is 7.70. The van der Waals surface area contributed by atoms with Crippen LogP contribution in [0.5, 0.6) is 0 Å². The number of rotatable bonds is 6. The molecule has 1 amide bonds. The molecule has 0 aliphatic rings. The number of nitrogens with one attached hydrogen (secondary N) is 1. The average molecular weight is 300 g/mol. The van der Waals surface area contributed by atoms with Gasteiger partial charge in [-0.1, -0.05) is 50.1 Å². The van der Waals surface area contributed by atoms with Gasteiger partial charge in [0.05, 0.1) is 11.7 Å². The number of benzene rings is 1. The average Bonchev–Trinajstić information content (AvgIpc) is 2.81. The number of aryl methyl sites for hydroxylation is 1. The van der Waals surface area contributed by atoms with Crippen LogP contribution in [0.15, 0.2) is 30.3 Å². The van der Waals surface area contributed by atoms with E-state index in [0.29, 0.717) is 12.2 Å². The van der Waals surface area contributed by atoms with Crippen molar-refractivity contribution in [3.8, 4) is 11.3 Å². The van der Waals surface area contributed by atoms with Crippen molar-refractivity contribution in [2.75, 3.05) is 5.32 Å². The van der Waals surface area contributed by atoms with Gasteiger partial charge in [0.25, 0.3) is 0 Å². The SMILES string of the molecule is CCCC[C@H](N)C(=O)Nc1c(C)c(-c2ccccc2)nn1C. The molecule has 5 heteroatoms. The Hall–Kier alpha value is -2.14. The number of carbonyl (C=O) groups excluding carboxylic acids is 1. The lowest BCUT2D eigenvalue weighted by molar-refractivity contribution is -0.117. The second kappa shape index (κ2) is 7.22. The molecule has 0 unspecified atom stereocenters. The van der Waals surface area contributed by atoms with Gasteiger partial charge >= 0.3 is 0 Å². The Bertz CT molecular complexity index is 634. The van der Waals surface area contributed by atoms with Crippen LogP contribution >= 0.6 is 0 Å². The largest absolute Gasteiger partial charge is 0.320 e. The minimum atomic E-state index is -0.477. The van der Waals surface area contributed by atoms with Crippen molar-refractivity contribution in [2.45, 2.75) is 39.2 Å². The lowest BCUT2D eigenvalue weighted by atomic mass is 10.1. The molecule has 2 aromatic rings. The quantitative estimate of drug-likeness (QED) is 0.861. The van der Waals surface area contributed by atoms with Crippen molar-refractivity contribution in [2.24, 2.45) is 12.8 Å². The molecule has 0 fully saturated rings. The van der Waals surface area contributed by atoms with Crippen molar-refractivity contribution >= 4 is 11.7 Å². The number of carbonyl (C=O) groups is 1. The molecular weight excluding hydrogens is 276 g/mol. The third kappa shape index (κ3) is 3.54. The fourth-order valence-corrected chi connectivity index (χ4v) is 2.44. The Morgan fingerprint density at radius 3 is 2.68 bits per heavy atom. The Balaban J connectivity index is 2.19. The third-order valence-electron chi connectivity index (χ3n) is 3.78. The van der Waals surface area contributed by atoms with Crippen molar-refractivity contribution in [3.05, 3.63) is 35.9 Å². The predicted octanol–water partition coefficient (Wildman–Crippen LogP) is 2.85. The summed E-state index contributed by atoms with van der Waals surface area (Å²) in [5.41, 5.74) is 8.79. The van der Waals surface area contributed by atoms with E-state index in [2.05, 4.69) is 17.3 Å². The fourth-order valence-electron chi connectivity index (χ4n) is 2.44. The summed E-state index contributed by atoms with van der Waals surface area (Å²) in [4.78, 5) is 12.2. The second-order valence-corrected chi connectivity index (χ2v) is 5.55. The van der Waals surface area contributed by atoms with Gasteiger partial charge in [-0.2, -0.15) is 5.10 Å². The molecule has 0 saturated carbocycles. The van der Waals surface area contributed by atoms with Gasteiger partial charge in [-0.05, 0) is 13.3 Å². The number of nitrogens with two attached hydrogens (primary N) is 1. The number of nitrogens with zero attached hydrogens (tertiary/aromatic N) is 2. The molecule has 0 radical (unpaired) electrons. The number of amides is 1. The van der Waals surface area contributed by atoms with E-state index in [4.69, 9.17) is 5.73 Å². The molecule has 0 saturated heterocycles. The summed E-state index contributed by atoms with van der Waals surface area (Å²) in [6.45, 7) is 4.05. The van der Waals surface area contributed by atoms with Gasteiger partial charge in [0, 0.05) is 18.2 Å². The maximum absolute atomic E-state index is 12.2. The van der Waals surface area contributed by atoms with E-state index in [-0.39, 0.29) is 5.91 Å². The minimum absolute atomic E-state index is 0.154. The Labute approximate surface area is 131 Å². The summed E-state index contributed by atoms with van der Waals surface area (Å²) in [6, 6.07) is 9.46. The van der Waals surface area contributed by atoms with E-state index in [1.165, 1.54) is 0 Å². The summed E-state index contributed by atoms with van der Waals surface area (Å²) in [7, 11) is 1.83. The van der Waals surface area contributed by atoms with Crippen molar-refractivity contribution < 1.29 is 4.79 Å². The fraction of sp³-hybridized carbons (Fsp3) is 0.412. The first-order valence-electron chi connectivity index (χ1n) is 7.70. The van der Waals surface area contributed by atoms with Crippen LogP contribution in [0.4, 0.5) is 5.82 Å². The van der Waals surface area contributed by atoms with Crippen LogP contribution < -0.4 is 11.1 Å². The van der Waals surface area contributed by atoms with E-state index >= 15 is 0 Å². The number of anilines is 1. The zero-order valence-corrected chi connectivity index (χ0v) is 13.5. The Morgan fingerprint density at radius 2 is 2.05 bits per heavy atom. The highest BCUT2D eigenvalue weighted by molar-refractivity contribution is 5.95. The highest BCUT2D eigenvalue weighted by atomic mass is 16.2. The number of hydrogen-bond acceptors (Lipinski definition) is 3. The van der Waals surface area contributed by atoms with Gasteiger partial charge in [0.2, 0.25) is 5.91 Å². The van der Waals surface area contributed by atoms with E-state index in [1.54, 1.807) is 4.68 Å². The molecule has 0 bridgehead atoms. The van der Waals surface area contributed by atoms with Crippen molar-refractivity contribution in [1.82, 2.24) is 9.78 Å². The van der Waals surface area contributed by atoms with E-state index in [9.17, 15) is 4.79 Å². The Morgan fingerprint density at radius 1 is 1.36 bits per heavy atom. The standard InChI is InChI=1S/C17H24N4O/c1-4-5-11-14(18)17(22)19-16-12(2)15(20-21(16)3)13-9-7-6-8-10-13/h6-10,14H,4-5,11,18H2,1-3H3,(H,19,22)/t14-/m0/s1. The van der Waals surface area contributed by atoms with Gasteiger partial charge in [0.1, 0.15) is 5.82 Å². The van der Waals surface area contributed by atoms with Crippen LogP contribution in [0.3, 0.4) is 0 Å². The van der Waals surface area contributed by atoms with Crippen LogP contribution in [0.1, 0.15) is 31.7 Å². The lowest BCUT2D eigenvalue weighted by Gasteiger charge is -2.12. The summed E-state index contributed by atoms with van der Waals surface area (Å²) < 4.78 is 1.70. The molecule has 0 aliphatic carbocycles. The molecule has 0 aliphatic heterocycles. The number of aromatic nitrogens is 2. The molecule has 118 valence electrons. The van der Waals surface area contributed by atoms with Gasteiger partial charge in [-0.25, -0.2) is 0 Å². The van der Waals surface area contributed by atoms with Gasteiger partial charge < -0.3 is 11.1 Å². The minimum Gasteiger partial charge on any atom is -0.320 e. The molecular formula is C17H24N4O. The van der Waals surface area contributed by atoms with Crippen molar-refractivity contribution in [3.63, 3.8) is 0 Å². The first-order chi connectivity index (χ1) is 10.5. The summed E-state index contributed by atoms with van der Waals surface area (Å²) in [6.07, 6.45) is 2.68. The molecule has 1 atom stereocenters. The molecule has 5 nitrogen and oxygen atoms in total. The number of hydrogen-bond donors (Lipinski definition) is 2.